The smallest absolute Gasteiger partial charge is 0.288 e. The lowest BCUT2D eigenvalue weighted by Gasteiger charge is -2.37. The van der Waals surface area contributed by atoms with E-state index >= 15 is 0 Å². The van der Waals surface area contributed by atoms with Gasteiger partial charge in [-0.1, -0.05) is 23.2 Å². The lowest BCUT2D eigenvalue weighted by Crippen LogP contribution is -2.53. The maximum atomic E-state index is 14.8. The first kappa shape index (κ1) is 25.8. The van der Waals surface area contributed by atoms with Gasteiger partial charge in [0.05, 0.1) is 23.2 Å². The van der Waals surface area contributed by atoms with E-state index in [1.54, 1.807) is 6.92 Å². The SMILES string of the molecule is COCCN1CC(C)(c2cc(NC(=O)c3ncc(Cl)cc3Cl)ccc2F)N=C(N)C1=O.Cl. The molecule has 1 atom stereocenters. The van der Waals surface area contributed by atoms with Gasteiger partial charge in [-0.3, -0.25) is 14.6 Å². The van der Waals surface area contributed by atoms with Crippen molar-refractivity contribution in [2.75, 3.05) is 32.1 Å². The average molecular weight is 505 g/mol. The minimum atomic E-state index is -1.16. The largest absolute Gasteiger partial charge is 0.383 e. The van der Waals surface area contributed by atoms with Crippen LogP contribution in [0.2, 0.25) is 10.0 Å². The first-order chi connectivity index (χ1) is 14.6. The van der Waals surface area contributed by atoms with Crippen LogP contribution in [0.25, 0.3) is 0 Å². The van der Waals surface area contributed by atoms with Crippen molar-refractivity contribution in [1.29, 1.82) is 0 Å². The van der Waals surface area contributed by atoms with Gasteiger partial charge in [-0.05, 0) is 31.2 Å². The Morgan fingerprint density at radius 1 is 1.38 bits per heavy atom. The Labute approximate surface area is 200 Å². The molecule has 0 saturated carbocycles. The number of nitrogens with two attached hydrogens (primary N) is 1. The van der Waals surface area contributed by atoms with E-state index in [1.165, 1.54) is 42.5 Å². The number of methoxy groups -OCH3 is 1. The highest BCUT2D eigenvalue weighted by atomic mass is 35.5. The molecule has 0 spiro atoms. The number of ether oxygens (including phenoxy) is 1. The van der Waals surface area contributed by atoms with Crippen molar-refractivity contribution in [3.05, 3.63) is 57.6 Å². The third kappa shape index (κ3) is 5.47. The summed E-state index contributed by atoms with van der Waals surface area (Å²) in [4.78, 5) is 34.5. The Bertz CT molecular complexity index is 1070. The Hall–Kier alpha value is -2.46. The highest BCUT2D eigenvalue weighted by Gasteiger charge is 2.39. The molecular formula is C20H21Cl3FN5O3. The second-order valence-electron chi connectivity index (χ2n) is 7.12. The minimum Gasteiger partial charge on any atom is -0.383 e. The normalized spacial score (nSPS) is 18.1. The quantitative estimate of drug-likeness (QED) is 0.627. The van der Waals surface area contributed by atoms with Crippen LogP contribution < -0.4 is 11.1 Å². The number of nitrogens with one attached hydrogen (secondary N) is 1. The topological polar surface area (TPSA) is 110 Å². The minimum absolute atomic E-state index is 0. The molecule has 1 aromatic heterocycles. The second kappa shape index (κ2) is 10.4. The van der Waals surface area contributed by atoms with E-state index in [1.807, 2.05) is 0 Å². The molecule has 0 aliphatic carbocycles. The number of pyridine rings is 1. The maximum Gasteiger partial charge on any atom is 0.288 e. The van der Waals surface area contributed by atoms with Crippen LogP contribution in [0.4, 0.5) is 10.1 Å². The summed E-state index contributed by atoms with van der Waals surface area (Å²) in [6.07, 6.45) is 1.30. The molecule has 0 fully saturated rings. The fourth-order valence-corrected chi connectivity index (χ4v) is 3.74. The van der Waals surface area contributed by atoms with Crippen molar-refractivity contribution in [1.82, 2.24) is 9.88 Å². The Morgan fingerprint density at radius 3 is 2.75 bits per heavy atom. The number of aliphatic imine (C=N–C) groups is 1. The number of hydrogen-bond acceptors (Lipinski definition) is 6. The molecule has 0 bridgehead atoms. The van der Waals surface area contributed by atoms with Gasteiger partial charge in [0.2, 0.25) is 0 Å². The van der Waals surface area contributed by atoms with Gasteiger partial charge in [-0.25, -0.2) is 9.37 Å². The standard InChI is InChI=1S/C20H20Cl2FN5O3.ClH/c1-20(10-28(5-6-31-2)19(30)17(24)27-20)13-8-12(3-4-15(13)23)26-18(29)16-14(22)7-11(21)9-25-16;/h3-4,7-9H,5-6,10H2,1-2H3,(H2,24,27)(H,26,29);1H. The molecule has 0 saturated heterocycles. The highest BCUT2D eigenvalue weighted by Crippen LogP contribution is 2.33. The summed E-state index contributed by atoms with van der Waals surface area (Å²) in [6, 6.07) is 5.44. The van der Waals surface area contributed by atoms with Crippen LogP contribution in [-0.2, 0) is 15.1 Å². The number of carbonyl (C=O) groups is 2. The molecule has 1 aliphatic heterocycles. The maximum absolute atomic E-state index is 14.8. The van der Waals surface area contributed by atoms with Gasteiger partial charge in [0, 0.05) is 31.1 Å². The second-order valence-corrected chi connectivity index (χ2v) is 7.97. The molecule has 12 heteroatoms. The monoisotopic (exact) mass is 503 g/mol. The molecule has 1 aliphatic rings. The van der Waals surface area contributed by atoms with Gasteiger partial charge in [0.1, 0.15) is 17.1 Å². The van der Waals surface area contributed by atoms with E-state index in [-0.39, 0.29) is 47.6 Å². The number of aromatic nitrogens is 1. The lowest BCUT2D eigenvalue weighted by atomic mass is 9.89. The number of amides is 2. The van der Waals surface area contributed by atoms with Crippen molar-refractivity contribution in [3.63, 3.8) is 0 Å². The predicted molar refractivity (Wildman–Crippen MR) is 123 cm³/mol. The summed E-state index contributed by atoms with van der Waals surface area (Å²) in [7, 11) is 1.51. The molecule has 2 heterocycles. The van der Waals surface area contributed by atoms with Crippen molar-refractivity contribution in [2.45, 2.75) is 12.5 Å². The van der Waals surface area contributed by atoms with Crippen LogP contribution in [0.5, 0.6) is 0 Å². The number of halogens is 4. The molecular weight excluding hydrogens is 484 g/mol. The van der Waals surface area contributed by atoms with Gasteiger partial charge < -0.3 is 20.7 Å². The third-order valence-electron chi connectivity index (χ3n) is 4.76. The summed E-state index contributed by atoms with van der Waals surface area (Å²) in [5, 5.41) is 3.00. The zero-order valence-corrected chi connectivity index (χ0v) is 19.5. The van der Waals surface area contributed by atoms with E-state index in [4.69, 9.17) is 33.7 Å². The fraction of sp³-hybridized carbons (Fsp3) is 0.300. The van der Waals surface area contributed by atoms with Gasteiger partial charge in [-0.15, -0.1) is 12.4 Å². The number of hydrogen-bond donors (Lipinski definition) is 2. The molecule has 2 aromatic rings. The summed E-state index contributed by atoms with van der Waals surface area (Å²) in [5.41, 5.74) is 5.09. The molecule has 172 valence electrons. The van der Waals surface area contributed by atoms with E-state index in [0.717, 1.165) is 0 Å². The van der Waals surface area contributed by atoms with Crippen molar-refractivity contribution < 1.29 is 18.7 Å². The number of nitrogens with zero attached hydrogens (tertiary/aromatic N) is 3. The highest BCUT2D eigenvalue weighted by molar-refractivity contribution is 6.38. The molecule has 0 radical (unpaired) electrons. The van der Waals surface area contributed by atoms with Crippen LogP contribution >= 0.6 is 35.6 Å². The van der Waals surface area contributed by atoms with Crippen LogP contribution in [0.1, 0.15) is 23.0 Å². The molecule has 2 amide bonds. The van der Waals surface area contributed by atoms with E-state index in [0.29, 0.717) is 17.3 Å². The van der Waals surface area contributed by atoms with Crippen molar-refractivity contribution >= 4 is 58.9 Å². The average Bonchev–Trinajstić information content (AvgIpc) is 2.71. The summed E-state index contributed by atoms with van der Waals surface area (Å²) >= 11 is 11.8. The van der Waals surface area contributed by atoms with Gasteiger partial charge in [0.15, 0.2) is 5.84 Å². The van der Waals surface area contributed by atoms with Gasteiger partial charge in [-0.2, -0.15) is 0 Å². The Kier molecular flexibility index (Phi) is 8.41. The Balaban J connectivity index is 0.00000363. The molecule has 8 nitrogen and oxygen atoms in total. The fourth-order valence-electron chi connectivity index (χ4n) is 3.27. The predicted octanol–water partition coefficient (Wildman–Crippen LogP) is 3.26. The van der Waals surface area contributed by atoms with Crippen LogP contribution in [-0.4, -0.2) is 54.3 Å². The summed E-state index contributed by atoms with van der Waals surface area (Å²) in [5.74, 6) is -1.81. The lowest BCUT2D eigenvalue weighted by molar-refractivity contribution is -0.126. The zero-order valence-electron chi connectivity index (χ0n) is 17.2. The molecule has 1 unspecified atom stereocenters. The first-order valence-electron chi connectivity index (χ1n) is 9.20. The number of carbonyl (C=O) groups excluding carboxylic acids is 2. The number of amidine groups is 1. The van der Waals surface area contributed by atoms with Crippen molar-refractivity contribution in [2.24, 2.45) is 10.7 Å². The number of benzene rings is 1. The summed E-state index contributed by atoms with van der Waals surface area (Å²) in [6.45, 7) is 2.32. The Morgan fingerprint density at radius 2 is 2.09 bits per heavy atom. The first-order valence-corrected chi connectivity index (χ1v) is 9.96. The summed E-state index contributed by atoms with van der Waals surface area (Å²) < 4.78 is 19.8. The van der Waals surface area contributed by atoms with Crippen LogP contribution in [0.15, 0.2) is 35.5 Å². The van der Waals surface area contributed by atoms with Crippen molar-refractivity contribution in [3.8, 4) is 0 Å². The number of rotatable bonds is 6. The van der Waals surface area contributed by atoms with Gasteiger partial charge >= 0.3 is 0 Å². The van der Waals surface area contributed by atoms with Crippen LogP contribution in [0, 0.1) is 5.82 Å². The zero-order chi connectivity index (χ0) is 22.8. The molecule has 1 aromatic carbocycles. The van der Waals surface area contributed by atoms with Crippen LogP contribution in [0.3, 0.4) is 0 Å². The van der Waals surface area contributed by atoms with E-state index < -0.39 is 23.2 Å². The third-order valence-corrected chi connectivity index (χ3v) is 5.26. The molecule has 32 heavy (non-hydrogen) atoms. The van der Waals surface area contributed by atoms with E-state index in [9.17, 15) is 14.0 Å². The molecule has 3 N–H and O–H groups in total. The van der Waals surface area contributed by atoms with E-state index in [2.05, 4.69) is 15.3 Å². The molecule has 3 rings (SSSR count). The van der Waals surface area contributed by atoms with Gasteiger partial charge in [0.25, 0.3) is 11.8 Å². The number of anilines is 1.